The summed E-state index contributed by atoms with van der Waals surface area (Å²) >= 11 is 0. The molecule has 2 heterocycles. The van der Waals surface area contributed by atoms with Crippen LogP contribution >= 0.6 is 0 Å². The van der Waals surface area contributed by atoms with E-state index >= 15 is 0 Å². The Morgan fingerprint density at radius 2 is 1.88 bits per heavy atom. The number of likely N-dealkylation sites (N-methyl/N-ethyl adjacent to an activating group) is 1. The Morgan fingerprint density at radius 3 is 2.67 bits per heavy atom. The quantitative estimate of drug-likeness (QED) is 0.557. The normalized spacial score (nSPS) is 14.1. The minimum absolute atomic E-state index is 0.210. The maximum atomic E-state index is 13.5. The Labute approximate surface area is 193 Å². The highest BCUT2D eigenvalue weighted by molar-refractivity contribution is 5.93. The highest BCUT2D eigenvalue weighted by Gasteiger charge is 2.19. The number of halogens is 1. The van der Waals surface area contributed by atoms with Crippen molar-refractivity contribution >= 4 is 17.4 Å². The largest absolute Gasteiger partial charge is 0.439 e. The van der Waals surface area contributed by atoms with Crippen molar-refractivity contribution < 1.29 is 13.9 Å². The number of para-hydroxylation sites is 2. The summed E-state index contributed by atoms with van der Waals surface area (Å²) in [6.07, 6.45) is 1.59. The summed E-state index contributed by atoms with van der Waals surface area (Å²) < 4.78 is 19.2. The standard InChI is InChI=1S/C25H28FN5O2/c1-2-30-13-15-31(16-14-30)23-11-4-3-10-22(23)29-25(32)28-18-19-7-6-12-27-24(19)33-21-9-5-8-20(26)17-21/h3-12,17H,2,13-16,18H2,1H3,(H2,28,29,32). The number of benzene rings is 2. The second kappa shape index (κ2) is 10.8. The van der Waals surface area contributed by atoms with Gasteiger partial charge in [-0.05, 0) is 36.9 Å². The molecule has 2 aromatic carbocycles. The van der Waals surface area contributed by atoms with Gasteiger partial charge < -0.3 is 25.2 Å². The average molecular weight is 450 g/mol. The highest BCUT2D eigenvalue weighted by atomic mass is 19.1. The molecule has 7 nitrogen and oxygen atoms in total. The van der Waals surface area contributed by atoms with Gasteiger partial charge in [0.15, 0.2) is 0 Å². The van der Waals surface area contributed by atoms with E-state index in [4.69, 9.17) is 4.74 Å². The molecule has 3 aromatic rings. The summed E-state index contributed by atoms with van der Waals surface area (Å²) in [6.45, 7) is 7.29. The van der Waals surface area contributed by atoms with E-state index in [1.807, 2.05) is 30.3 Å². The molecule has 0 radical (unpaired) electrons. The molecule has 4 rings (SSSR count). The summed E-state index contributed by atoms with van der Waals surface area (Å²) in [5, 5.41) is 5.82. The molecule has 1 aliphatic rings. The highest BCUT2D eigenvalue weighted by Crippen LogP contribution is 2.27. The van der Waals surface area contributed by atoms with Gasteiger partial charge in [0.1, 0.15) is 11.6 Å². The average Bonchev–Trinajstić information content (AvgIpc) is 2.84. The van der Waals surface area contributed by atoms with E-state index < -0.39 is 5.82 Å². The van der Waals surface area contributed by atoms with Crippen LogP contribution in [0.1, 0.15) is 12.5 Å². The number of urea groups is 1. The predicted molar refractivity (Wildman–Crippen MR) is 127 cm³/mol. The van der Waals surface area contributed by atoms with Gasteiger partial charge in [0, 0.05) is 50.6 Å². The molecular formula is C25H28FN5O2. The summed E-state index contributed by atoms with van der Waals surface area (Å²) in [7, 11) is 0. The summed E-state index contributed by atoms with van der Waals surface area (Å²) in [4.78, 5) is 21.6. The van der Waals surface area contributed by atoms with Crippen LogP contribution in [-0.4, -0.2) is 48.6 Å². The number of amides is 2. The Kier molecular flexibility index (Phi) is 7.36. The molecular weight excluding hydrogens is 421 g/mol. The third-order valence-corrected chi connectivity index (χ3v) is 5.61. The summed E-state index contributed by atoms with van der Waals surface area (Å²) in [6, 6.07) is 16.9. The summed E-state index contributed by atoms with van der Waals surface area (Å²) in [5.74, 6) is 0.270. The van der Waals surface area contributed by atoms with Crippen LogP contribution in [-0.2, 0) is 6.54 Å². The number of carbonyl (C=O) groups excluding carboxylic acids is 1. The smallest absolute Gasteiger partial charge is 0.319 e. The van der Waals surface area contributed by atoms with Gasteiger partial charge in [-0.1, -0.05) is 31.2 Å². The SMILES string of the molecule is CCN1CCN(c2ccccc2NC(=O)NCc2cccnc2Oc2cccc(F)c2)CC1. The van der Waals surface area contributed by atoms with Crippen molar-refractivity contribution in [3.05, 3.63) is 78.2 Å². The molecule has 2 amide bonds. The molecule has 172 valence electrons. The van der Waals surface area contributed by atoms with E-state index in [-0.39, 0.29) is 12.6 Å². The first-order valence-electron chi connectivity index (χ1n) is 11.1. The monoisotopic (exact) mass is 449 g/mol. The summed E-state index contributed by atoms with van der Waals surface area (Å²) in [5.41, 5.74) is 2.46. The minimum atomic E-state index is -0.391. The molecule has 1 saturated heterocycles. The van der Waals surface area contributed by atoms with Crippen molar-refractivity contribution in [2.45, 2.75) is 13.5 Å². The molecule has 1 aliphatic heterocycles. The fourth-order valence-electron chi connectivity index (χ4n) is 3.79. The first-order valence-corrected chi connectivity index (χ1v) is 11.1. The Morgan fingerprint density at radius 1 is 1.06 bits per heavy atom. The van der Waals surface area contributed by atoms with Gasteiger partial charge in [-0.15, -0.1) is 0 Å². The van der Waals surface area contributed by atoms with E-state index in [0.717, 1.165) is 44.1 Å². The maximum Gasteiger partial charge on any atom is 0.319 e. The Balaban J connectivity index is 1.38. The molecule has 0 spiro atoms. The molecule has 8 heteroatoms. The zero-order chi connectivity index (χ0) is 23.0. The van der Waals surface area contributed by atoms with Crippen LogP contribution in [0.3, 0.4) is 0 Å². The van der Waals surface area contributed by atoms with Crippen molar-refractivity contribution in [3.63, 3.8) is 0 Å². The van der Waals surface area contributed by atoms with Crippen LogP contribution in [0.2, 0.25) is 0 Å². The first kappa shape index (κ1) is 22.5. The number of aromatic nitrogens is 1. The van der Waals surface area contributed by atoms with Gasteiger partial charge in [0.05, 0.1) is 11.4 Å². The molecule has 1 fully saturated rings. The van der Waals surface area contributed by atoms with E-state index in [0.29, 0.717) is 17.2 Å². The van der Waals surface area contributed by atoms with E-state index in [1.54, 1.807) is 24.4 Å². The van der Waals surface area contributed by atoms with Gasteiger partial charge in [-0.3, -0.25) is 0 Å². The number of hydrogen-bond acceptors (Lipinski definition) is 5. The molecule has 0 atom stereocenters. The number of pyridine rings is 1. The Hall–Kier alpha value is -3.65. The van der Waals surface area contributed by atoms with E-state index in [2.05, 4.69) is 32.3 Å². The minimum Gasteiger partial charge on any atom is -0.439 e. The van der Waals surface area contributed by atoms with Crippen molar-refractivity contribution in [2.75, 3.05) is 42.9 Å². The van der Waals surface area contributed by atoms with Crippen LogP contribution in [0.25, 0.3) is 0 Å². The number of nitrogens with zero attached hydrogens (tertiary/aromatic N) is 3. The van der Waals surface area contributed by atoms with Gasteiger partial charge in [-0.2, -0.15) is 0 Å². The lowest BCUT2D eigenvalue weighted by Crippen LogP contribution is -2.46. The van der Waals surface area contributed by atoms with Gasteiger partial charge in [0.2, 0.25) is 5.88 Å². The first-order chi connectivity index (χ1) is 16.1. The molecule has 2 N–H and O–H groups in total. The number of rotatable bonds is 7. The number of piperazine rings is 1. The third kappa shape index (κ3) is 5.98. The maximum absolute atomic E-state index is 13.5. The fourth-order valence-corrected chi connectivity index (χ4v) is 3.79. The molecule has 0 aliphatic carbocycles. The number of carbonyl (C=O) groups is 1. The fraction of sp³-hybridized carbons (Fsp3) is 0.280. The zero-order valence-corrected chi connectivity index (χ0v) is 18.6. The van der Waals surface area contributed by atoms with Crippen molar-refractivity contribution in [3.8, 4) is 11.6 Å². The number of ether oxygens (including phenoxy) is 1. The second-order valence-electron chi connectivity index (χ2n) is 7.77. The third-order valence-electron chi connectivity index (χ3n) is 5.61. The Bertz CT molecular complexity index is 1090. The van der Waals surface area contributed by atoms with E-state index in [9.17, 15) is 9.18 Å². The van der Waals surface area contributed by atoms with Crippen molar-refractivity contribution in [1.82, 2.24) is 15.2 Å². The molecule has 0 unspecified atom stereocenters. The van der Waals surface area contributed by atoms with Crippen molar-refractivity contribution in [2.24, 2.45) is 0 Å². The molecule has 33 heavy (non-hydrogen) atoms. The van der Waals surface area contributed by atoms with Crippen LogP contribution < -0.4 is 20.3 Å². The van der Waals surface area contributed by atoms with Gasteiger partial charge in [-0.25, -0.2) is 14.2 Å². The van der Waals surface area contributed by atoms with Gasteiger partial charge >= 0.3 is 6.03 Å². The lowest BCUT2D eigenvalue weighted by atomic mass is 10.2. The predicted octanol–water partition coefficient (Wildman–Crippen LogP) is 4.48. The lowest BCUT2D eigenvalue weighted by Gasteiger charge is -2.36. The molecule has 0 saturated carbocycles. The van der Waals surface area contributed by atoms with E-state index in [1.165, 1.54) is 12.1 Å². The lowest BCUT2D eigenvalue weighted by molar-refractivity contribution is 0.251. The molecule has 0 bridgehead atoms. The topological polar surface area (TPSA) is 69.7 Å². The van der Waals surface area contributed by atoms with Gasteiger partial charge in [0.25, 0.3) is 0 Å². The van der Waals surface area contributed by atoms with Crippen molar-refractivity contribution in [1.29, 1.82) is 0 Å². The van der Waals surface area contributed by atoms with Crippen LogP contribution in [0.4, 0.5) is 20.6 Å². The molecule has 1 aromatic heterocycles. The van der Waals surface area contributed by atoms with Crippen LogP contribution in [0.15, 0.2) is 66.9 Å². The van der Waals surface area contributed by atoms with Crippen LogP contribution in [0, 0.1) is 5.82 Å². The number of nitrogens with one attached hydrogen (secondary N) is 2. The number of hydrogen-bond donors (Lipinski definition) is 2. The van der Waals surface area contributed by atoms with Crippen LogP contribution in [0.5, 0.6) is 11.6 Å². The zero-order valence-electron chi connectivity index (χ0n) is 18.6. The second-order valence-corrected chi connectivity index (χ2v) is 7.77. The number of anilines is 2.